The van der Waals surface area contributed by atoms with E-state index in [0.29, 0.717) is 27.9 Å². The minimum absolute atomic E-state index is 0.161. The van der Waals surface area contributed by atoms with E-state index in [9.17, 15) is 4.79 Å². The average Bonchev–Trinajstić information content (AvgIpc) is 3.15. The van der Waals surface area contributed by atoms with Crippen LogP contribution in [0, 0.1) is 0 Å². The number of hydrogen-bond acceptors (Lipinski definition) is 5. The van der Waals surface area contributed by atoms with Crippen molar-refractivity contribution >= 4 is 29.5 Å². The summed E-state index contributed by atoms with van der Waals surface area (Å²) in [5.41, 5.74) is 1.55. The van der Waals surface area contributed by atoms with E-state index >= 15 is 0 Å². The molecule has 8 heteroatoms. The highest BCUT2D eigenvalue weighted by Crippen LogP contribution is 2.31. The van der Waals surface area contributed by atoms with E-state index in [0.717, 1.165) is 5.56 Å². The maximum atomic E-state index is 12.0. The minimum Gasteiger partial charge on any atom is -0.497 e. The van der Waals surface area contributed by atoms with Gasteiger partial charge in [-0.15, -0.1) is 5.10 Å². The molecule has 1 amide bonds. The SMILES string of the molecule is COc1ccc(-c2nc(NC(=O)C=Cc3ccc(Cl)cc3)n[nH]2)c(OC)c1. The summed E-state index contributed by atoms with van der Waals surface area (Å²) >= 11 is 5.83. The summed E-state index contributed by atoms with van der Waals surface area (Å²) in [5.74, 6) is 1.51. The lowest BCUT2D eigenvalue weighted by atomic mass is 10.2. The third kappa shape index (κ3) is 4.65. The molecular weight excluding hydrogens is 368 g/mol. The van der Waals surface area contributed by atoms with Gasteiger partial charge in [0.25, 0.3) is 5.91 Å². The molecule has 0 unspecified atom stereocenters. The van der Waals surface area contributed by atoms with Crippen LogP contribution in [0.15, 0.2) is 48.5 Å². The van der Waals surface area contributed by atoms with Crippen molar-refractivity contribution in [2.24, 2.45) is 0 Å². The van der Waals surface area contributed by atoms with Crippen molar-refractivity contribution in [2.75, 3.05) is 19.5 Å². The van der Waals surface area contributed by atoms with Crippen molar-refractivity contribution in [2.45, 2.75) is 0 Å². The van der Waals surface area contributed by atoms with Gasteiger partial charge in [-0.25, -0.2) is 0 Å². The van der Waals surface area contributed by atoms with E-state index in [1.165, 1.54) is 6.08 Å². The van der Waals surface area contributed by atoms with E-state index in [1.807, 2.05) is 12.1 Å². The molecule has 138 valence electrons. The van der Waals surface area contributed by atoms with Gasteiger partial charge in [-0.2, -0.15) is 4.98 Å². The van der Waals surface area contributed by atoms with Gasteiger partial charge in [-0.3, -0.25) is 15.2 Å². The number of halogens is 1. The molecule has 0 radical (unpaired) electrons. The summed E-state index contributed by atoms with van der Waals surface area (Å²) in [5, 5.41) is 10.0. The molecule has 0 aliphatic heterocycles. The highest BCUT2D eigenvalue weighted by molar-refractivity contribution is 6.30. The number of aromatic nitrogens is 3. The number of aromatic amines is 1. The zero-order valence-electron chi connectivity index (χ0n) is 14.7. The highest BCUT2D eigenvalue weighted by atomic mass is 35.5. The Bertz CT molecular complexity index is 967. The number of carbonyl (C=O) groups excluding carboxylic acids is 1. The molecule has 0 fully saturated rings. The lowest BCUT2D eigenvalue weighted by Gasteiger charge is -2.07. The van der Waals surface area contributed by atoms with Crippen LogP contribution in [0.3, 0.4) is 0 Å². The number of nitrogens with zero attached hydrogens (tertiary/aromatic N) is 2. The van der Waals surface area contributed by atoms with Crippen LogP contribution in [-0.2, 0) is 4.79 Å². The predicted octanol–water partition coefficient (Wildman–Crippen LogP) is 3.79. The number of methoxy groups -OCH3 is 2. The molecule has 0 bridgehead atoms. The average molecular weight is 385 g/mol. The number of H-pyrrole nitrogens is 1. The zero-order valence-corrected chi connectivity index (χ0v) is 15.4. The van der Waals surface area contributed by atoms with Crippen molar-refractivity contribution in [3.05, 3.63) is 59.1 Å². The number of hydrogen-bond donors (Lipinski definition) is 2. The van der Waals surface area contributed by atoms with Crippen LogP contribution < -0.4 is 14.8 Å². The number of ether oxygens (including phenoxy) is 2. The van der Waals surface area contributed by atoms with Crippen LogP contribution in [-0.4, -0.2) is 35.3 Å². The Balaban J connectivity index is 1.70. The van der Waals surface area contributed by atoms with Crippen LogP contribution >= 0.6 is 11.6 Å². The van der Waals surface area contributed by atoms with Gasteiger partial charge in [0.2, 0.25) is 5.95 Å². The fourth-order valence-electron chi connectivity index (χ4n) is 2.33. The van der Waals surface area contributed by atoms with Gasteiger partial charge in [-0.1, -0.05) is 23.7 Å². The fourth-order valence-corrected chi connectivity index (χ4v) is 2.46. The van der Waals surface area contributed by atoms with Gasteiger partial charge < -0.3 is 9.47 Å². The molecule has 0 aliphatic rings. The number of benzene rings is 2. The zero-order chi connectivity index (χ0) is 19.2. The van der Waals surface area contributed by atoms with Gasteiger partial charge in [-0.05, 0) is 35.9 Å². The first-order valence-corrected chi connectivity index (χ1v) is 8.36. The lowest BCUT2D eigenvalue weighted by Crippen LogP contribution is -2.09. The molecule has 3 rings (SSSR count). The van der Waals surface area contributed by atoms with Gasteiger partial charge in [0.15, 0.2) is 5.82 Å². The van der Waals surface area contributed by atoms with Crippen LogP contribution in [0.4, 0.5) is 5.95 Å². The van der Waals surface area contributed by atoms with Crippen molar-refractivity contribution in [1.82, 2.24) is 15.2 Å². The largest absolute Gasteiger partial charge is 0.497 e. The number of rotatable bonds is 6. The molecule has 2 aromatic carbocycles. The molecule has 3 aromatic rings. The molecule has 1 heterocycles. The molecule has 0 saturated heterocycles. The van der Waals surface area contributed by atoms with E-state index in [4.69, 9.17) is 21.1 Å². The van der Waals surface area contributed by atoms with E-state index in [1.54, 1.807) is 50.6 Å². The molecule has 2 N–H and O–H groups in total. The standard InChI is InChI=1S/C19H17ClN4O3/c1-26-14-8-9-15(16(11-14)27-2)18-22-19(24-23-18)21-17(25)10-5-12-3-6-13(20)7-4-12/h3-11H,1-2H3,(H2,21,22,23,24,25). The van der Waals surface area contributed by atoms with Crippen molar-refractivity contribution < 1.29 is 14.3 Å². The lowest BCUT2D eigenvalue weighted by molar-refractivity contribution is -0.111. The Kier molecular flexibility index (Phi) is 5.73. The first-order chi connectivity index (χ1) is 13.1. The van der Waals surface area contributed by atoms with E-state index < -0.39 is 0 Å². The summed E-state index contributed by atoms with van der Waals surface area (Å²) in [4.78, 5) is 16.3. The molecule has 27 heavy (non-hydrogen) atoms. The Morgan fingerprint density at radius 3 is 2.63 bits per heavy atom. The van der Waals surface area contributed by atoms with Crippen molar-refractivity contribution in [1.29, 1.82) is 0 Å². The number of anilines is 1. The molecular formula is C19H17ClN4O3. The topological polar surface area (TPSA) is 89.1 Å². The summed E-state index contributed by atoms with van der Waals surface area (Å²) in [7, 11) is 3.13. The van der Waals surface area contributed by atoms with Crippen LogP contribution in [0.5, 0.6) is 11.5 Å². The smallest absolute Gasteiger partial charge is 0.250 e. The Morgan fingerprint density at radius 1 is 1.15 bits per heavy atom. The number of amides is 1. The van der Waals surface area contributed by atoms with Crippen LogP contribution in [0.2, 0.25) is 5.02 Å². The molecule has 0 aliphatic carbocycles. The van der Waals surface area contributed by atoms with E-state index in [-0.39, 0.29) is 11.9 Å². The van der Waals surface area contributed by atoms with Crippen molar-refractivity contribution in [3.8, 4) is 22.9 Å². The Labute approximate surface area is 161 Å². The summed E-state index contributed by atoms with van der Waals surface area (Å²) in [6, 6.07) is 12.5. The summed E-state index contributed by atoms with van der Waals surface area (Å²) in [6.07, 6.45) is 3.07. The third-order valence-electron chi connectivity index (χ3n) is 3.68. The Morgan fingerprint density at radius 2 is 1.93 bits per heavy atom. The maximum Gasteiger partial charge on any atom is 0.250 e. The second-order valence-corrected chi connectivity index (χ2v) is 5.88. The molecule has 0 spiro atoms. The maximum absolute atomic E-state index is 12.0. The molecule has 7 nitrogen and oxygen atoms in total. The van der Waals surface area contributed by atoms with Crippen LogP contribution in [0.25, 0.3) is 17.5 Å². The second kappa shape index (κ2) is 8.37. The van der Waals surface area contributed by atoms with E-state index in [2.05, 4.69) is 20.5 Å². The Hall–Kier alpha value is -3.32. The molecule has 0 saturated carbocycles. The molecule has 1 aromatic heterocycles. The van der Waals surface area contributed by atoms with Crippen LogP contribution in [0.1, 0.15) is 5.56 Å². The third-order valence-corrected chi connectivity index (χ3v) is 3.93. The van der Waals surface area contributed by atoms with Gasteiger partial charge >= 0.3 is 0 Å². The minimum atomic E-state index is -0.350. The second-order valence-electron chi connectivity index (χ2n) is 5.45. The highest BCUT2D eigenvalue weighted by Gasteiger charge is 2.13. The van der Waals surface area contributed by atoms with Gasteiger partial charge in [0, 0.05) is 17.2 Å². The number of nitrogens with one attached hydrogen (secondary N) is 2. The summed E-state index contributed by atoms with van der Waals surface area (Å²) in [6.45, 7) is 0. The van der Waals surface area contributed by atoms with Crippen molar-refractivity contribution in [3.63, 3.8) is 0 Å². The molecule has 0 atom stereocenters. The summed E-state index contributed by atoms with van der Waals surface area (Å²) < 4.78 is 10.5. The quantitative estimate of drug-likeness (QED) is 0.631. The monoisotopic (exact) mass is 384 g/mol. The number of carbonyl (C=O) groups is 1. The van der Waals surface area contributed by atoms with Gasteiger partial charge in [0.1, 0.15) is 11.5 Å². The fraction of sp³-hybridized carbons (Fsp3) is 0.105. The first-order valence-electron chi connectivity index (χ1n) is 7.98. The first kappa shape index (κ1) is 18.5. The normalized spacial score (nSPS) is 10.8. The predicted molar refractivity (Wildman–Crippen MR) is 104 cm³/mol. The van der Waals surface area contributed by atoms with Gasteiger partial charge in [0.05, 0.1) is 19.8 Å².